The van der Waals surface area contributed by atoms with E-state index in [4.69, 9.17) is 27.0 Å². The third kappa shape index (κ3) is 4.16. The predicted octanol–water partition coefficient (Wildman–Crippen LogP) is 2.10. The molecule has 0 amide bonds. The van der Waals surface area contributed by atoms with E-state index in [1.165, 1.54) is 11.7 Å². The molecule has 6 nitrogen and oxygen atoms in total. The van der Waals surface area contributed by atoms with E-state index < -0.39 is 9.05 Å². The van der Waals surface area contributed by atoms with Crippen LogP contribution >= 0.6 is 22.3 Å². The van der Waals surface area contributed by atoms with Crippen molar-refractivity contribution in [2.75, 3.05) is 13.7 Å². The Morgan fingerprint density at radius 2 is 2.10 bits per heavy atom. The summed E-state index contributed by atoms with van der Waals surface area (Å²) in [5.41, 5.74) is 0.895. The summed E-state index contributed by atoms with van der Waals surface area (Å²) in [7, 11) is 2.93. The first-order valence-electron chi connectivity index (χ1n) is 6.02. The molecule has 0 aliphatic rings. The molecule has 0 saturated heterocycles. The lowest BCUT2D eigenvalue weighted by molar-refractivity contribution is 0.183. The Kier molecular flexibility index (Phi) is 5.21. The Bertz CT molecular complexity index is 731. The van der Waals surface area contributed by atoms with Gasteiger partial charge in [0.25, 0.3) is 14.2 Å². The van der Waals surface area contributed by atoms with Gasteiger partial charge in [-0.05, 0) is 17.7 Å². The molecule has 9 heteroatoms. The van der Waals surface area contributed by atoms with Crippen LogP contribution < -0.4 is 0 Å². The van der Waals surface area contributed by atoms with Gasteiger partial charge in [-0.1, -0.05) is 23.7 Å². The third-order valence-electron chi connectivity index (χ3n) is 2.78. The molecule has 1 heterocycles. The monoisotopic (exact) mass is 349 g/mol. The Balaban J connectivity index is 2.37. The number of methoxy groups -OCH3 is 1. The van der Waals surface area contributed by atoms with Crippen molar-refractivity contribution in [3.8, 4) is 0 Å². The minimum atomic E-state index is -3.96. The Morgan fingerprint density at radius 1 is 1.33 bits per heavy atom. The van der Waals surface area contributed by atoms with E-state index in [9.17, 15) is 8.42 Å². The van der Waals surface area contributed by atoms with Crippen LogP contribution in [0.1, 0.15) is 11.4 Å². The largest absolute Gasteiger partial charge is 0.383 e. The normalized spacial score (nSPS) is 11.8. The molecule has 114 valence electrons. The highest BCUT2D eigenvalue weighted by molar-refractivity contribution is 8.13. The zero-order valence-corrected chi connectivity index (χ0v) is 13.5. The molecule has 0 atom stereocenters. The van der Waals surface area contributed by atoms with E-state index in [0.717, 1.165) is 5.56 Å². The lowest BCUT2D eigenvalue weighted by Gasteiger charge is -2.08. The van der Waals surface area contributed by atoms with Crippen molar-refractivity contribution in [1.29, 1.82) is 0 Å². The number of ether oxygens (including phenoxy) is 1. The van der Waals surface area contributed by atoms with Crippen LogP contribution in [0.5, 0.6) is 0 Å². The van der Waals surface area contributed by atoms with Crippen LogP contribution in [0.2, 0.25) is 5.02 Å². The third-order valence-corrected chi connectivity index (χ3v) is 4.17. The van der Waals surface area contributed by atoms with Crippen LogP contribution in [0.15, 0.2) is 29.4 Å². The average molecular weight is 350 g/mol. The molecular weight excluding hydrogens is 337 g/mol. The molecule has 0 aliphatic carbocycles. The molecule has 0 unspecified atom stereocenters. The van der Waals surface area contributed by atoms with E-state index in [1.54, 1.807) is 12.1 Å². The highest BCUT2D eigenvalue weighted by atomic mass is 35.7. The summed E-state index contributed by atoms with van der Waals surface area (Å²) >= 11 is 5.93. The van der Waals surface area contributed by atoms with Gasteiger partial charge in [0.1, 0.15) is 5.82 Å². The summed E-state index contributed by atoms with van der Waals surface area (Å²) in [6.45, 7) is 0.612. The van der Waals surface area contributed by atoms with Gasteiger partial charge in [-0.25, -0.2) is 8.42 Å². The lowest BCUT2D eigenvalue weighted by Crippen LogP contribution is -2.13. The van der Waals surface area contributed by atoms with Crippen molar-refractivity contribution >= 4 is 31.3 Å². The fourth-order valence-electron chi connectivity index (χ4n) is 1.87. The van der Waals surface area contributed by atoms with Crippen molar-refractivity contribution < 1.29 is 13.2 Å². The van der Waals surface area contributed by atoms with Crippen LogP contribution in [-0.4, -0.2) is 36.9 Å². The molecule has 0 N–H and O–H groups in total. The Labute approximate surface area is 132 Å². The Morgan fingerprint density at radius 3 is 2.71 bits per heavy atom. The zero-order chi connectivity index (χ0) is 15.5. The second-order valence-corrected chi connectivity index (χ2v) is 7.18. The number of hydrogen-bond donors (Lipinski definition) is 0. The van der Waals surface area contributed by atoms with Gasteiger partial charge in [0.15, 0.2) is 0 Å². The standard InChI is InChI=1S/C12H13Cl2N3O3S/c1-20-6-5-17-11(15-16-12(17)21(14,18)19)8-9-3-2-4-10(13)7-9/h2-4,7H,5-6,8H2,1H3. The zero-order valence-electron chi connectivity index (χ0n) is 11.2. The summed E-state index contributed by atoms with van der Waals surface area (Å²) in [4.78, 5) is 0. The van der Waals surface area contributed by atoms with Gasteiger partial charge in [0, 0.05) is 35.8 Å². The van der Waals surface area contributed by atoms with Gasteiger partial charge >= 0.3 is 0 Å². The van der Waals surface area contributed by atoms with Crippen LogP contribution in [0, 0.1) is 0 Å². The van der Waals surface area contributed by atoms with E-state index in [1.807, 2.05) is 12.1 Å². The van der Waals surface area contributed by atoms with Gasteiger partial charge in [-0.3, -0.25) is 4.57 Å². The fraction of sp³-hybridized carbons (Fsp3) is 0.333. The predicted molar refractivity (Wildman–Crippen MR) is 79.2 cm³/mol. The number of aromatic nitrogens is 3. The van der Waals surface area contributed by atoms with Crippen molar-refractivity contribution in [2.45, 2.75) is 18.1 Å². The van der Waals surface area contributed by atoms with Crippen molar-refractivity contribution in [3.63, 3.8) is 0 Å². The molecule has 0 aliphatic heterocycles. The quantitative estimate of drug-likeness (QED) is 0.746. The molecule has 0 spiro atoms. The molecule has 1 aromatic heterocycles. The molecule has 0 radical (unpaired) electrons. The van der Waals surface area contributed by atoms with Gasteiger partial charge in [-0.15, -0.1) is 10.2 Å². The van der Waals surface area contributed by atoms with E-state index in [0.29, 0.717) is 30.4 Å². The maximum absolute atomic E-state index is 11.5. The van der Waals surface area contributed by atoms with E-state index in [-0.39, 0.29) is 5.16 Å². The summed E-state index contributed by atoms with van der Waals surface area (Å²) in [6.07, 6.45) is 0.393. The van der Waals surface area contributed by atoms with Crippen molar-refractivity contribution in [2.24, 2.45) is 0 Å². The first kappa shape index (κ1) is 16.2. The maximum Gasteiger partial charge on any atom is 0.296 e. The second kappa shape index (κ2) is 6.74. The molecule has 2 aromatic rings. The van der Waals surface area contributed by atoms with Crippen molar-refractivity contribution in [3.05, 3.63) is 40.7 Å². The van der Waals surface area contributed by atoms with Crippen LogP contribution in [0.4, 0.5) is 0 Å². The van der Waals surface area contributed by atoms with Crippen LogP contribution in [-0.2, 0) is 26.8 Å². The average Bonchev–Trinajstić information content (AvgIpc) is 2.79. The van der Waals surface area contributed by atoms with Crippen LogP contribution in [0.3, 0.4) is 0 Å². The molecule has 0 bridgehead atoms. The first-order chi connectivity index (χ1) is 9.91. The number of benzene rings is 1. The number of nitrogens with zero attached hydrogens (tertiary/aromatic N) is 3. The summed E-state index contributed by atoms with van der Waals surface area (Å²) in [5, 5.41) is 7.89. The maximum atomic E-state index is 11.5. The molecule has 21 heavy (non-hydrogen) atoms. The van der Waals surface area contributed by atoms with E-state index in [2.05, 4.69) is 10.2 Å². The minimum absolute atomic E-state index is 0.279. The van der Waals surface area contributed by atoms with E-state index >= 15 is 0 Å². The van der Waals surface area contributed by atoms with Crippen molar-refractivity contribution in [1.82, 2.24) is 14.8 Å². The highest BCUT2D eigenvalue weighted by Gasteiger charge is 2.22. The fourth-order valence-corrected chi connectivity index (χ4v) is 3.02. The molecule has 0 fully saturated rings. The highest BCUT2D eigenvalue weighted by Crippen LogP contribution is 2.18. The number of rotatable bonds is 6. The molecule has 0 saturated carbocycles. The summed E-state index contributed by atoms with van der Waals surface area (Å²) in [5.74, 6) is 0.480. The molecule has 2 rings (SSSR count). The topological polar surface area (TPSA) is 74.1 Å². The number of hydrogen-bond acceptors (Lipinski definition) is 5. The summed E-state index contributed by atoms with van der Waals surface area (Å²) in [6, 6.07) is 7.23. The Hall–Kier alpha value is -1.15. The molecule has 1 aromatic carbocycles. The summed E-state index contributed by atoms with van der Waals surface area (Å²) < 4.78 is 29.4. The SMILES string of the molecule is COCCn1c(Cc2cccc(Cl)c2)nnc1S(=O)(=O)Cl. The van der Waals surface area contributed by atoms with Gasteiger partial charge < -0.3 is 4.74 Å². The lowest BCUT2D eigenvalue weighted by atomic mass is 10.1. The first-order valence-corrected chi connectivity index (χ1v) is 8.70. The van der Waals surface area contributed by atoms with Gasteiger partial charge in [0.05, 0.1) is 6.61 Å². The van der Waals surface area contributed by atoms with Gasteiger partial charge in [-0.2, -0.15) is 0 Å². The smallest absolute Gasteiger partial charge is 0.296 e. The minimum Gasteiger partial charge on any atom is -0.383 e. The second-order valence-electron chi connectivity index (χ2n) is 4.29. The number of halogens is 2. The molecular formula is C12H13Cl2N3O3S. The van der Waals surface area contributed by atoms with Gasteiger partial charge in [0.2, 0.25) is 0 Å². The van der Waals surface area contributed by atoms with Crippen LogP contribution in [0.25, 0.3) is 0 Å².